The Labute approximate surface area is 125 Å². The van der Waals surface area contributed by atoms with Crippen LogP contribution in [0.5, 0.6) is 5.75 Å². The summed E-state index contributed by atoms with van der Waals surface area (Å²) in [6.07, 6.45) is 4.86. The summed E-state index contributed by atoms with van der Waals surface area (Å²) in [5.74, 6) is -1.02. The summed E-state index contributed by atoms with van der Waals surface area (Å²) in [5, 5.41) is 8.97. The van der Waals surface area contributed by atoms with E-state index in [9.17, 15) is 13.2 Å². The van der Waals surface area contributed by atoms with Crippen LogP contribution >= 0.6 is 0 Å². The summed E-state index contributed by atoms with van der Waals surface area (Å²) in [5.41, 5.74) is -0.0685. The summed E-state index contributed by atoms with van der Waals surface area (Å²) >= 11 is 0. The molecule has 5 nitrogen and oxygen atoms in total. The molecule has 1 N–H and O–H groups in total. The predicted molar refractivity (Wildman–Crippen MR) is 80.7 cm³/mol. The number of sulfone groups is 1. The Hall–Kier alpha value is -1.82. The van der Waals surface area contributed by atoms with Crippen molar-refractivity contribution in [3.63, 3.8) is 0 Å². The fraction of sp³-hybridized carbons (Fsp3) is 0.400. The van der Waals surface area contributed by atoms with Crippen LogP contribution in [-0.2, 0) is 9.84 Å². The number of benzene rings is 1. The first-order valence-corrected chi connectivity index (χ1v) is 8.32. The van der Waals surface area contributed by atoms with Gasteiger partial charge in [0.05, 0.1) is 18.4 Å². The highest BCUT2D eigenvalue weighted by molar-refractivity contribution is 7.91. The van der Waals surface area contributed by atoms with E-state index in [0.717, 1.165) is 25.3 Å². The first-order chi connectivity index (χ1) is 9.92. The average molecular weight is 312 g/mol. The van der Waals surface area contributed by atoms with Crippen molar-refractivity contribution >= 4 is 15.8 Å². The Kier molecular flexibility index (Phi) is 6.42. The third kappa shape index (κ3) is 4.90. The van der Waals surface area contributed by atoms with Gasteiger partial charge in [-0.2, -0.15) is 0 Å². The molecule has 0 aromatic heterocycles. The number of carboxylic acid groups (broad SMARTS) is 1. The maximum Gasteiger partial charge on any atom is 0.335 e. The molecular formula is C15H20O5S. The van der Waals surface area contributed by atoms with Gasteiger partial charge in [0.15, 0.2) is 9.84 Å². The van der Waals surface area contributed by atoms with Gasteiger partial charge in [0, 0.05) is 0 Å². The molecule has 0 atom stereocenters. The van der Waals surface area contributed by atoms with E-state index in [2.05, 4.69) is 6.58 Å². The van der Waals surface area contributed by atoms with Crippen LogP contribution in [-0.4, -0.2) is 32.4 Å². The summed E-state index contributed by atoms with van der Waals surface area (Å²) in [6, 6.07) is 3.85. The zero-order chi connectivity index (χ0) is 15.9. The van der Waals surface area contributed by atoms with Crippen LogP contribution in [0, 0.1) is 0 Å². The maximum atomic E-state index is 12.3. The molecule has 1 aromatic rings. The van der Waals surface area contributed by atoms with Crippen LogP contribution in [0.1, 0.15) is 36.0 Å². The van der Waals surface area contributed by atoms with Crippen molar-refractivity contribution in [2.45, 2.75) is 30.6 Å². The lowest BCUT2D eigenvalue weighted by Crippen LogP contribution is -2.10. The molecule has 0 amide bonds. The quantitative estimate of drug-likeness (QED) is 0.560. The number of carboxylic acids is 1. The van der Waals surface area contributed by atoms with Crippen LogP contribution in [0.15, 0.2) is 35.7 Å². The number of ether oxygens (including phenoxy) is 1. The third-order valence-corrected chi connectivity index (χ3v) is 4.88. The third-order valence-electron chi connectivity index (χ3n) is 3.07. The van der Waals surface area contributed by atoms with E-state index < -0.39 is 15.8 Å². The van der Waals surface area contributed by atoms with Crippen molar-refractivity contribution in [3.05, 3.63) is 36.4 Å². The number of aromatic carboxylic acids is 1. The average Bonchev–Trinajstić information content (AvgIpc) is 2.46. The molecule has 0 saturated carbocycles. The van der Waals surface area contributed by atoms with E-state index in [1.54, 1.807) is 6.08 Å². The second kappa shape index (κ2) is 7.83. The van der Waals surface area contributed by atoms with E-state index >= 15 is 0 Å². The summed E-state index contributed by atoms with van der Waals surface area (Å²) < 4.78 is 29.7. The molecule has 0 aliphatic rings. The zero-order valence-electron chi connectivity index (χ0n) is 12.0. The fourth-order valence-corrected chi connectivity index (χ4v) is 3.49. The standard InChI is InChI=1S/C15H20O5S/c1-3-4-5-6-7-10-21(18,19)14-11-12(15(16)17)8-9-13(14)20-2/h3,8-9,11H,1,4-7,10H2,2H3,(H,16,17). The minimum absolute atomic E-state index is 0.0242. The lowest BCUT2D eigenvalue weighted by molar-refractivity contribution is 0.0696. The topological polar surface area (TPSA) is 80.7 Å². The molecule has 0 unspecified atom stereocenters. The Morgan fingerprint density at radius 1 is 1.33 bits per heavy atom. The second-order valence-corrected chi connectivity index (χ2v) is 6.71. The SMILES string of the molecule is C=CCCCCCS(=O)(=O)c1cc(C(=O)O)ccc1OC. The van der Waals surface area contributed by atoms with E-state index in [4.69, 9.17) is 9.84 Å². The van der Waals surface area contributed by atoms with Crippen molar-refractivity contribution in [1.82, 2.24) is 0 Å². The molecule has 0 spiro atoms. The Morgan fingerprint density at radius 3 is 2.62 bits per heavy atom. The molecule has 21 heavy (non-hydrogen) atoms. The van der Waals surface area contributed by atoms with Crippen molar-refractivity contribution < 1.29 is 23.1 Å². The van der Waals surface area contributed by atoms with Gasteiger partial charge in [-0.05, 0) is 37.5 Å². The predicted octanol–water partition coefficient (Wildman–Crippen LogP) is 2.91. The number of hydrogen-bond donors (Lipinski definition) is 1. The van der Waals surface area contributed by atoms with Gasteiger partial charge >= 0.3 is 5.97 Å². The summed E-state index contributed by atoms with van der Waals surface area (Å²) in [4.78, 5) is 10.9. The molecule has 0 fully saturated rings. The van der Waals surface area contributed by atoms with Gasteiger partial charge in [0.2, 0.25) is 0 Å². The van der Waals surface area contributed by atoms with Crippen molar-refractivity contribution in [3.8, 4) is 5.75 Å². The number of hydrogen-bond acceptors (Lipinski definition) is 4. The Balaban J connectivity index is 2.92. The van der Waals surface area contributed by atoms with Gasteiger partial charge in [-0.15, -0.1) is 6.58 Å². The largest absolute Gasteiger partial charge is 0.495 e. The van der Waals surface area contributed by atoms with E-state index in [1.807, 2.05) is 0 Å². The maximum absolute atomic E-state index is 12.3. The zero-order valence-corrected chi connectivity index (χ0v) is 12.9. The molecule has 0 saturated heterocycles. The van der Waals surface area contributed by atoms with Crippen LogP contribution in [0.3, 0.4) is 0 Å². The molecular weight excluding hydrogens is 292 g/mol. The number of unbranched alkanes of at least 4 members (excludes halogenated alkanes) is 3. The number of carbonyl (C=O) groups is 1. The first-order valence-electron chi connectivity index (χ1n) is 6.67. The molecule has 0 bridgehead atoms. The van der Waals surface area contributed by atoms with Crippen LogP contribution < -0.4 is 4.74 Å². The molecule has 0 radical (unpaired) electrons. The van der Waals surface area contributed by atoms with Crippen LogP contribution in [0.4, 0.5) is 0 Å². The van der Waals surface area contributed by atoms with E-state index in [-0.39, 0.29) is 22.0 Å². The molecule has 6 heteroatoms. The normalized spacial score (nSPS) is 11.1. The molecule has 116 valence electrons. The van der Waals surface area contributed by atoms with Crippen LogP contribution in [0.25, 0.3) is 0 Å². The second-order valence-electron chi connectivity index (χ2n) is 4.63. The molecule has 1 rings (SSSR count). The van der Waals surface area contributed by atoms with Crippen molar-refractivity contribution in [1.29, 1.82) is 0 Å². The van der Waals surface area contributed by atoms with Gasteiger partial charge < -0.3 is 9.84 Å². The summed E-state index contributed by atoms with van der Waals surface area (Å²) in [6.45, 7) is 3.61. The molecule has 0 aliphatic heterocycles. The number of methoxy groups -OCH3 is 1. The lowest BCUT2D eigenvalue weighted by Gasteiger charge is -2.10. The molecule has 1 aromatic carbocycles. The van der Waals surface area contributed by atoms with Crippen LogP contribution in [0.2, 0.25) is 0 Å². The van der Waals surface area contributed by atoms with Gasteiger partial charge in [0.25, 0.3) is 0 Å². The highest BCUT2D eigenvalue weighted by atomic mass is 32.2. The van der Waals surface area contributed by atoms with Gasteiger partial charge in [-0.25, -0.2) is 13.2 Å². The molecule has 0 heterocycles. The van der Waals surface area contributed by atoms with Crippen molar-refractivity contribution in [2.75, 3.05) is 12.9 Å². The Morgan fingerprint density at radius 2 is 2.05 bits per heavy atom. The minimum Gasteiger partial charge on any atom is -0.495 e. The highest BCUT2D eigenvalue weighted by Crippen LogP contribution is 2.26. The Bertz CT molecular complexity index is 604. The number of allylic oxidation sites excluding steroid dienone is 1. The fourth-order valence-electron chi connectivity index (χ4n) is 1.92. The van der Waals surface area contributed by atoms with E-state index in [1.165, 1.54) is 19.2 Å². The highest BCUT2D eigenvalue weighted by Gasteiger charge is 2.21. The van der Waals surface area contributed by atoms with E-state index in [0.29, 0.717) is 6.42 Å². The van der Waals surface area contributed by atoms with Gasteiger partial charge in [-0.1, -0.05) is 12.5 Å². The molecule has 0 aliphatic carbocycles. The first kappa shape index (κ1) is 17.2. The summed E-state index contributed by atoms with van der Waals surface area (Å²) in [7, 11) is -2.20. The minimum atomic E-state index is -3.56. The smallest absolute Gasteiger partial charge is 0.335 e. The van der Waals surface area contributed by atoms with Gasteiger partial charge in [-0.3, -0.25) is 0 Å². The monoisotopic (exact) mass is 312 g/mol. The lowest BCUT2D eigenvalue weighted by atomic mass is 10.2. The van der Waals surface area contributed by atoms with Crippen molar-refractivity contribution in [2.24, 2.45) is 0 Å². The van der Waals surface area contributed by atoms with Gasteiger partial charge in [0.1, 0.15) is 10.6 Å². The number of rotatable bonds is 9.